The molecule has 4 rings (SSSR count). The summed E-state index contributed by atoms with van der Waals surface area (Å²) in [6.45, 7) is 3.70. The van der Waals surface area contributed by atoms with Gasteiger partial charge in [0.25, 0.3) is 0 Å². The first-order chi connectivity index (χ1) is 17.1. The zero-order valence-electron chi connectivity index (χ0n) is 19.7. The quantitative estimate of drug-likeness (QED) is 0.209. The summed E-state index contributed by atoms with van der Waals surface area (Å²) in [5.41, 5.74) is 2.85. The minimum absolute atomic E-state index is 0.0565. The van der Waals surface area contributed by atoms with Crippen molar-refractivity contribution in [1.29, 1.82) is 0 Å². The van der Waals surface area contributed by atoms with Crippen LogP contribution in [-0.2, 0) is 4.79 Å². The van der Waals surface area contributed by atoms with Gasteiger partial charge in [0.1, 0.15) is 0 Å². The molecule has 0 aromatic heterocycles. The molecule has 0 amide bonds. The van der Waals surface area contributed by atoms with Crippen LogP contribution in [0.15, 0.2) is 72.8 Å². The van der Waals surface area contributed by atoms with Crippen LogP contribution in [0.4, 0.5) is 0 Å². The van der Waals surface area contributed by atoms with E-state index in [9.17, 15) is 35.4 Å². The van der Waals surface area contributed by atoms with Crippen molar-refractivity contribution in [2.75, 3.05) is 0 Å². The minimum Gasteiger partial charge on any atom is -0.504 e. The summed E-state index contributed by atoms with van der Waals surface area (Å²) in [5.74, 6) is -6.61. The van der Waals surface area contributed by atoms with Gasteiger partial charge in [0.2, 0.25) is 11.5 Å². The fourth-order valence-electron chi connectivity index (χ4n) is 4.50. The summed E-state index contributed by atoms with van der Waals surface area (Å²) in [4.78, 5) is 14.5. The standard InChI is InChI=1S/C29H26O7/c1-15-5-3-7-17(13-15)23(19-9-11-21(30)27(34)25(19)32)29(36)24(18-8-4-6-16(2)14-18)20-10-12-22(31)28(35)26(20)33/h3-14,23-24,30-35H,1-2H3. The van der Waals surface area contributed by atoms with E-state index in [0.29, 0.717) is 11.1 Å². The predicted molar refractivity (Wildman–Crippen MR) is 134 cm³/mol. The molecule has 2 atom stereocenters. The number of phenolic OH excluding ortho intramolecular Hbond substituents is 6. The molecule has 7 heteroatoms. The van der Waals surface area contributed by atoms with Gasteiger partial charge in [-0.1, -0.05) is 71.8 Å². The second-order valence-electron chi connectivity index (χ2n) is 8.84. The summed E-state index contributed by atoms with van der Waals surface area (Å²) in [6, 6.07) is 19.3. The number of hydrogen-bond donors (Lipinski definition) is 6. The van der Waals surface area contributed by atoms with Crippen LogP contribution < -0.4 is 0 Å². The first kappa shape index (κ1) is 24.5. The Morgan fingerprint density at radius 1 is 0.556 bits per heavy atom. The third-order valence-corrected chi connectivity index (χ3v) is 6.26. The monoisotopic (exact) mass is 486 g/mol. The van der Waals surface area contributed by atoms with Crippen LogP contribution in [0.25, 0.3) is 0 Å². The van der Waals surface area contributed by atoms with Crippen molar-refractivity contribution in [2.24, 2.45) is 0 Å². The van der Waals surface area contributed by atoms with Gasteiger partial charge in [-0.15, -0.1) is 0 Å². The number of carbonyl (C=O) groups is 1. The summed E-state index contributed by atoms with van der Waals surface area (Å²) < 4.78 is 0. The molecule has 184 valence electrons. The second kappa shape index (κ2) is 9.54. The van der Waals surface area contributed by atoms with Crippen molar-refractivity contribution in [1.82, 2.24) is 0 Å². The maximum atomic E-state index is 14.5. The molecule has 0 aliphatic carbocycles. The van der Waals surface area contributed by atoms with Crippen LogP contribution in [0, 0.1) is 13.8 Å². The Morgan fingerprint density at radius 3 is 1.31 bits per heavy atom. The molecule has 0 saturated carbocycles. The fraction of sp³-hybridized carbons (Fsp3) is 0.138. The highest BCUT2D eigenvalue weighted by atomic mass is 16.3. The molecule has 0 fully saturated rings. The third kappa shape index (κ3) is 4.38. The molecule has 36 heavy (non-hydrogen) atoms. The van der Waals surface area contributed by atoms with Crippen LogP contribution in [0.3, 0.4) is 0 Å². The van der Waals surface area contributed by atoms with Gasteiger partial charge in [-0.2, -0.15) is 0 Å². The van der Waals surface area contributed by atoms with E-state index >= 15 is 0 Å². The lowest BCUT2D eigenvalue weighted by Crippen LogP contribution is -2.23. The molecule has 4 aromatic rings. The minimum atomic E-state index is -1.13. The van der Waals surface area contributed by atoms with Gasteiger partial charge < -0.3 is 30.6 Å². The SMILES string of the molecule is Cc1cccc(C(C(=O)C(c2cccc(C)c2)c2ccc(O)c(O)c2O)c2ccc(O)c(O)c2O)c1. The molecule has 0 saturated heterocycles. The summed E-state index contributed by atoms with van der Waals surface area (Å²) in [5, 5.41) is 61.7. The van der Waals surface area contributed by atoms with Gasteiger partial charge in [0, 0.05) is 11.1 Å². The Kier molecular flexibility index (Phi) is 6.49. The Hall–Kier alpha value is -4.65. The summed E-state index contributed by atoms with van der Waals surface area (Å²) in [7, 11) is 0. The zero-order chi connectivity index (χ0) is 26.1. The van der Waals surface area contributed by atoms with Crippen LogP contribution in [0.1, 0.15) is 45.2 Å². The molecule has 0 bridgehead atoms. The van der Waals surface area contributed by atoms with Crippen molar-refractivity contribution >= 4 is 5.78 Å². The molecular formula is C29H26O7. The van der Waals surface area contributed by atoms with Crippen molar-refractivity contribution in [3.8, 4) is 34.5 Å². The number of ketones is 1. The number of aryl methyl sites for hydroxylation is 2. The van der Waals surface area contributed by atoms with Gasteiger partial charge in [0.15, 0.2) is 28.8 Å². The zero-order valence-corrected chi connectivity index (χ0v) is 19.7. The molecule has 0 radical (unpaired) electrons. The normalized spacial score (nSPS) is 12.7. The molecule has 2 unspecified atom stereocenters. The molecule has 0 spiro atoms. The Morgan fingerprint density at radius 2 is 0.944 bits per heavy atom. The maximum Gasteiger partial charge on any atom is 0.200 e. The first-order valence-corrected chi connectivity index (χ1v) is 11.2. The predicted octanol–water partition coefficient (Wildman–Crippen LogP) is 5.07. The van der Waals surface area contributed by atoms with Crippen LogP contribution in [0.5, 0.6) is 34.5 Å². The Labute approximate surface area is 207 Å². The first-order valence-electron chi connectivity index (χ1n) is 11.2. The number of carbonyl (C=O) groups excluding carboxylic acids is 1. The third-order valence-electron chi connectivity index (χ3n) is 6.26. The van der Waals surface area contributed by atoms with E-state index in [1.807, 2.05) is 26.0 Å². The van der Waals surface area contributed by atoms with Crippen LogP contribution >= 0.6 is 0 Å². The maximum absolute atomic E-state index is 14.5. The smallest absolute Gasteiger partial charge is 0.200 e. The average Bonchev–Trinajstić information content (AvgIpc) is 2.84. The Balaban J connectivity index is 2.01. The van der Waals surface area contributed by atoms with Gasteiger partial charge in [0.05, 0.1) is 11.8 Å². The lowest BCUT2D eigenvalue weighted by Gasteiger charge is -2.26. The number of Topliss-reactive ketones (excluding diaryl/α,β-unsaturated/α-hetero) is 1. The largest absolute Gasteiger partial charge is 0.504 e. The molecule has 4 aromatic carbocycles. The van der Waals surface area contributed by atoms with Crippen molar-refractivity contribution < 1.29 is 35.4 Å². The lowest BCUT2D eigenvalue weighted by molar-refractivity contribution is -0.120. The topological polar surface area (TPSA) is 138 Å². The molecule has 0 aliphatic rings. The number of hydrogen-bond acceptors (Lipinski definition) is 7. The fourth-order valence-corrected chi connectivity index (χ4v) is 4.50. The molecule has 7 nitrogen and oxygen atoms in total. The highest BCUT2D eigenvalue weighted by Crippen LogP contribution is 2.48. The van der Waals surface area contributed by atoms with Crippen molar-refractivity contribution in [2.45, 2.75) is 25.7 Å². The molecular weight excluding hydrogens is 460 g/mol. The Bertz CT molecular complexity index is 1350. The number of benzene rings is 4. The van der Waals surface area contributed by atoms with Gasteiger partial charge in [-0.05, 0) is 37.1 Å². The number of aromatic hydroxyl groups is 6. The molecule has 6 N–H and O–H groups in total. The van der Waals surface area contributed by atoms with E-state index in [-0.39, 0.29) is 11.1 Å². The van der Waals surface area contributed by atoms with Crippen LogP contribution in [0.2, 0.25) is 0 Å². The van der Waals surface area contributed by atoms with E-state index in [1.165, 1.54) is 24.3 Å². The summed E-state index contributed by atoms with van der Waals surface area (Å²) >= 11 is 0. The highest BCUT2D eigenvalue weighted by Gasteiger charge is 2.36. The van der Waals surface area contributed by atoms with Crippen LogP contribution in [-0.4, -0.2) is 36.4 Å². The molecule has 0 aliphatic heterocycles. The van der Waals surface area contributed by atoms with E-state index in [4.69, 9.17) is 0 Å². The number of rotatable bonds is 6. The van der Waals surface area contributed by atoms with E-state index in [0.717, 1.165) is 11.1 Å². The van der Waals surface area contributed by atoms with Gasteiger partial charge >= 0.3 is 0 Å². The molecule has 0 heterocycles. The van der Waals surface area contributed by atoms with Gasteiger partial charge in [-0.25, -0.2) is 0 Å². The van der Waals surface area contributed by atoms with Crippen molar-refractivity contribution in [3.05, 3.63) is 106 Å². The van der Waals surface area contributed by atoms with E-state index < -0.39 is 52.1 Å². The van der Waals surface area contributed by atoms with E-state index in [2.05, 4.69) is 0 Å². The number of phenols is 6. The van der Waals surface area contributed by atoms with Gasteiger partial charge in [-0.3, -0.25) is 4.79 Å². The van der Waals surface area contributed by atoms with Crippen molar-refractivity contribution in [3.63, 3.8) is 0 Å². The average molecular weight is 487 g/mol. The highest BCUT2D eigenvalue weighted by molar-refractivity contribution is 5.98. The lowest BCUT2D eigenvalue weighted by atomic mass is 9.76. The summed E-state index contributed by atoms with van der Waals surface area (Å²) in [6.07, 6.45) is 0. The second-order valence-corrected chi connectivity index (χ2v) is 8.84. The van der Waals surface area contributed by atoms with E-state index in [1.54, 1.807) is 36.4 Å².